The number of ether oxygens (including phenoxy) is 1. The van der Waals surface area contributed by atoms with E-state index in [0.717, 1.165) is 54.3 Å². The fourth-order valence-corrected chi connectivity index (χ4v) is 3.17. The third-order valence-corrected chi connectivity index (χ3v) is 4.50. The number of fused-ring (bicyclic) bond motifs is 1. The zero-order valence-electron chi connectivity index (χ0n) is 14.1. The van der Waals surface area contributed by atoms with E-state index in [2.05, 4.69) is 41.6 Å². The zero-order valence-corrected chi connectivity index (χ0v) is 14.1. The Morgan fingerprint density at radius 3 is 2.83 bits per heavy atom. The molecule has 0 bridgehead atoms. The lowest BCUT2D eigenvalue weighted by Crippen LogP contribution is -2.20. The molecule has 0 aliphatic carbocycles. The van der Waals surface area contributed by atoms with E-state index in [1.807, 2.05) is 23.7 Å². The second-order valence-electron chi connectivity index (χ2n) is 6.46. The van der Waals surface area contributed by atoms with E-state index < -0.39 is 0 Å². The van der Waals surface area contributed by atoms with Gasteiger partial charge in [-0.1, -0.05) is 29.8 Å². The van der Waals surface area contributed by atoms with Crippen molar-refractivity contribution in [2.24, 2.45) is 0 Å². The summed E-state index contributed by atoms with van der Waals surface area (Å²) in [6, 6.07) is 10.5. The lowest BCUT2D eigenvalue weighted by Gasteiger charge is -2.13. The molecule has 1 saturated heterocycles. The van der Waals surface area contributed by atoms with Crippen molar-refractivity contribution in [3.63, 3.8) is 0 Å². The van der Waals surface area contributed by atoms with E-state index in [0.29, 0.717) is 6.10 Å². The van der Waals surface area contributed by atoms with Crippen LogP contribution in [0.2, 0.25) is 0 Å². The molecule has 124 valence electrons. The Hall–Kier alpha value is -2.40. The second-order valence-corrected chi connectivity index (χ2v) is 6.46. The van der Waals surface area contributed by atoms with Gasteiger partial charge >= 0.3 is 0 Å². The van der Waals surface area contributed by atoms with Crippen molar-refractivity contribution in [2.75, 3.05) is 18.5 Å². The molecule has 24 heavy (non-hydrogen) atoms. The van der Waals surface area contributed by atoms with Gasteiger partial charge in [0.05, 0.1) is 12.3 Å². The molecular formula is C19H22N4O. The van der Waals surface area contributed by atoms with Crippen molar-refractivity contribution in [3.8, 4) is 11.1 Å². The van der Waals surface area contributed by atoms with E-state index in [1.165, 1.54) is 5.56 Å². The Labute approximate surface area is 141 Å². The van der Waals surface area contributed by atoms with Gasteiger partial charge in [0.1, 0.15) is 5.82 Å². The predicted octanol–water partition coefficient (Wildman–Crippen LogP) is 3.60. The molecule has 5 nitrogen and oxygen atoms in total. The summed E-state index contributed by atoms with van der Waals surface area (Å²) in [5.41, 5.74) is 5.30. The highest BCUT2D eigenvalue weighted by molar-refractivity contribution is 5.78. The molecule has 2 aromatic heterocycles. The molecule has 0 radical (unpaired) electrons. The van der Waals surface area contributed by atoms with Crippen LogP contribution in [-0.2, 0) is 4.74 Å². The van der Waals surface area contributed by atoms with Gasteiger partial charge in [-0.15, -0.1) is 0 Å². The van der Waals surface area contributed by atoms with Crippen LogP contribution in [0.1, 0.15) is 24.1 Å². The molecule has 0 amide bonds. The summed E-state index contributed by atoms with van der Waals surface area (Å²) in [5.74, 6) is 0.964. The van der Waals surface area contributed by atoms with Crippen molar-refractivity contribution in [1.29, 1.82) is 0 Å². The first kappa shape index (κ1) is 15.1. The maximum absolute atomic E-state index is 5.69. The summed E-state index contributed by atoms with van der Waals surface area (Å²) in [4.78, 5) is 4.70. The first-order chi connectivity index (χ1) is 11.7. The fourth-order valence-electron chi connectivity index (χ4n) is 3.17. The van der Waals surface area contributed by atoms with Gasteiger partial charge in [-0.3, -0.25) is 0 Å². The number of rotatable bonds is 4. The van der Waals surface area contributed by atoms with Crippen LogP contribution in [0.25, 0.3) is 16.8 Å². The quantitative estimate of drug-likeness (QED) is 0.797. The van der Waals surface area contributed by atoms with Crippen LogP contribution in [0.15, 0.2) is 36.5 Å². The third kappa shape index (κ3) is 2.87. The molecule has 1 fully saturated rings. The lowest BCUT2D eigenvalue weighted by atomic mass is 10.1. The fraction of sp³-hybridized carbons (Fsp3) is 0.368. The monoisotopic (exact) mass is 322 g/mol. The SMILES string of the molecule is Cc1ccc(-c2cnn3c(NC[C@H]4CCCO4)cc(C)nc23)cc1. The zero-order chi connectivity index (χ0) is 16.5. The molecular weight excluding hydrogens is 300 g/mol. The highest BCUT2D eigenvalue weighted by Crippen LogP contribution is 2.26. The van der Waals surface area contributed by atoms with Gasteiger partial charge < -0.3 is 10.1 Å². The number of benzene rings is 1. The number of aryl methyl sites for hydroxylation is 2. The molecule has 3 heterocycles. The van der Waals surface area contributed by atoms with Gasteiger partial charge in [-0.25, -0.2) is 4.98 Å². The summed E-state index contributed by atoms with van der Waals surface area (Å²) < 4.78 is 7.58. The molecule has 3 aromatic rings. The lowest BCUT2D eigenvalue weighted by molar-refractivity contribution is 0.120. The van der Waals surface area contributed by atoms with Crippen molar-refractivity contribution in [3.05, 3.63) is 47.8 Å². The minimum Gasteiger partial charge on any atom is -0.376 e. The van der Waals surface area contributed by atoms with Crippen LogP contribution >= 0.6 is 0 Å². The summed E-state index contributed by atoms with van der Waals surface area (Å²) in [7, 11) is 0. The molecule has 1 aliphatic rings. The Bertz CT molecular complexity index is 848. The standard InChI is InChI=1S/C19H22N4O/c1-13-5-7-15(8-6-13)17-12-21-23-18(10-14(2)22-19(17)23)20-11-16-4-3-9-24-16/h5-8,10,12,16,20H,3-4,9,11H2,1-2H3/t16-/m1/s1. The molecule has 1 N–H and O–H groups in total. The topological polar surface area (TPSA) is 51.5 Å². The molecule has 1 atom stereocenters. The molecule has 5 heteroatoms. The number of nitrogens with one attached hydrogen (secondary N) is 1. The van der Waals surface area contributed by atoms with Crippen molar-refractivity contribution >= 4 is 11.5 Å². The molecule has 1 aliphatic heterocycles. The second kappa shape index (κ2) is 6.24. The van der Waals surface area contributed by atoms with Gasteiger partial charge in [0.25, 0.3) is 0 Å². The summed E-state index contributed by atoms with van der Waals surface area (Å²) in [5, 5.41) is 8.03. The number of nitrogens with zero attached hydrogens (tertiary/aromatic N) is 3. The maximum Gasteiger partial charge on any atom is 0.165 e. The number of hydrogen-bond acceptors (Lipinski definition) is 4. The molecule has 0 spiro atoms. The van der Waals surface area contributed by atoms with Crippen LogP contribution in [0.3, 0.4) is 0 Å². The van der Waals surface area contributed by atoms with Crippen LogP contribution < -0.4 is 5.32 Å². The Morgan fingerprint density at radius 1 is 1.25 bits per heavy atom. The Balaban J connectivity index is 1.69. The molecule has 0 unspecified atom stereocenters. The summed E-state index contributed by atoms with van der Waals surface area (Å²) in [6.45, 7) is 5.79. The largest absolute Gasteiger partial charge is 0.376 e. The van der Waals surface area contributed by atoms with E-state index in [9.17, 15) is 0 Å². The average Bonchev–Trinajstić information content (AvgIpc) is 3.23. The number of anilines is 1. The smallest absolute Gasteiger partial charge is 0.165 e. The summed E-state index contributed by atoms with van der Waals surface area (Å²) >= 11 is 0. The van der Waals surface area contributed by atoms with Gasteiger partial charge in [-0.05, 0) is 32.3 Å². The van der Waals surface area contributed by atoms with Gasteiger partial charge in [0.2, 0.25) is 0 Å². The highest BCUT2D eigenvalue weighted by atomic mass is 16.5. The predicted molar refractivity (Wildman–Crippen MR) is 95.4 cm³/mol. The van der Waals surface area contributed by atoms with Crippen LogP contribution in [0.4, 0.5) is 5.82 Å². The highest BCUT2D eigenvalue weighted by Gasteiger charge is 2.17. The van der Waals surface area contributed by atoms with Gasteiger partial charge in [0.15, 0.2) is 5.65 Å². The first-order valence-electron chi connectivity index (χ1n) is 8.48. The van der Waals surface area contributed by atoms with Crippen molar-refractivity contribution < 1.29 is 4.74 Å². The van der Waals surface area contributed by atoms with Gasteiger partial charge in [-0.2, -0.15) is 9.61 Å². The van der Waals surface area contributed by atoms with E-state index in [1.54, 1.807) is 0 Å². The Kier molecular flexibility index (Phi) is 3.94. The van der Waals surface area contributed by atoms with Gasteiger partial charge in [0, 0.05) is 30.5 Å². The normalized spacial score (nSPS) is 17.5. The Morgan fingerprint density at radius 2 is 2.08 bits per heavy atom. The van der Waals surface area contributed by atoms with E-state index in [-0.39, 0.29) is 0 Å². The minimum absolute atomic E-state index is 0.292. The maximum atomic E-state index is 5.69. The van der Waals surface area contributed by atoms with Crippen LogP contribution in [0, 0.1) is 13.8 Å². The molecule has 1 aromatic carbocycles. The summed E-state index contributed by atoms with van der Waals surface area (Å²) in [6.07, 6.45) is 4.45. The van der Waals surface area contributed by atoms with E-state index in [4.69, 9.17) is 9.72 Å². The number of hydrogen-bond donors (Lipinski definition) is 1. The van der Waals surface area contributed by atoms with E-state index >= 15 is 0 Å². The minimum atomic E-state index is 0.292. The van der Waals surface area contributed by atoms with Crippen LogP contribution in [-0.4, -0.2) is 33.9 Å². The van der Waals surface area contributed by atoms with Crippen molar-refractivity contribution in [1.82, 2.24) is 14.6 Å². The molecule has 4 rings (SSSR count). The van der Waals surface area contributed by atoms with Crippen molar-refractivity contribution in [2.45, 2.75) is 32.8 Å². The third-order valence-electron chi connectivity index (χ3n) is 4.50. The first-order valence-corrected chi connectivity index (χ1v) is 8.48. The van der Waals surface area contributed by atoms with Crippen LogP contribution in [0.5, 0.6) is 0 Å². The average molecular weight is 322 g/mol. The number of aromatic nitrogens is 3. The molecule has 0 saturated carbocycles.